The van der Waals surface area contributed by atoms with E-state index in [4.69, 9.17) is 9.52 Å². The molecule has 1 aromatic carbocycles. The number of halogens is 3. The highest BCUT2D eigenvalue weighted by Gasteiger charge is 2.32. The van der Waals surface area contributed by atoms with Crippen molar-refractivity contribution in [2.75, 3.05) is 0 Å². The molecule has 100 valence electrons. The summed E-state index contributed by atoms with van der Waals surface area (Å²) in [5, 5.41) is 9.11. The summed E-state index contributed by atoms with van der Waals surface area (Å²) in [6.07, 6.45) is -1.95. The Kier molecular flexibility index (Phi) is 3.52. The van der Waals surface area contributed by atoms with E-state index in [9.17, 15) is 18.0 Å². The molecule has 0 unspecified atom stereocenters. The van der Waals surface area contributed by atoms with E-state index in [0.29, 0.717) is 6.07 Å². The standard InChI is InChI=1S/C11H6F3NO3S/c12-11(13,14)6-1-2-8(7(5-6)9(16)17)19-10-15-3-4-18-10/h1-5H,(H,16,17). The number of alkyl halides is 3. The molecule has 0 aliphatic heterocycles. The molecule has 2 aromatic rings. The first kappa shape index (κ1) is 13.5. The number of aromatic carboxylic acids is 1. The zero-order chi connectivity index (χ0) is 14.0. The summed E-state index contributed by atoms with van der Waals surface area (Å²) in [4.78, 5) is 14.9. The summed E-state index contributed by atoms with van der Waals surface area (Å²) in [5.41, 5.74) is -1.46. The molecule has 0 spiro atoms. The molecule has 0 saturated heterocycles. The van der Waals surface area contributed by atoms with Crippen LogP contribution < -0.4 is 0 Å². The largest absolute Gasteiger partial charge is 0.478 e. The maximum Gasteiger partial charge on any atom is 0.416 e. The van der Waals surface area contributed by atoms with Gasteiger partial charge < -0.3 is 9.52 Å². The Morgan fingerprint density at radius 3 is 2.63 bits per heavy atom. The number of carboxylic acids is 1. The highest BCUT2D eigenvalue weighted by molar-refractivity contribution is 7.99. The number of aromatic nitrogens is 1. The van der Waals surface area contributed by atoms with Crippen molar-refractivity contribution in [3.05, 3.63) is 41.8 Å². The smallest absolute Gasteiger partial charge is 0.416 e. The Bertz CT molecular complexity index is 596. The number of benzene rings is 1. The Morgan fingerprint density at radius 2 is 2.11 bits per heavy atom. The van der Waals surface area contributed by atoms with E-state index in [2.05, 4.69) is 4.98 Å². The fraction of sp³-hybridized carbons (Fsp3) is 0.0909. The summed E-state index contributed by atoms with van der Waals surface area (Å²) in [5.74, 6) is -1.44. The highest BCUT2D eigenvalue weighted by atomic mass is 32.2. The van der Waals surface area contributed by atoms with Gasteiger partial charge in [-0.15, -0.1) is 0 Å². The van der Waals surface area contributed by atoms with E-state index in [1.54, 1.807) is 0 Å². The second-order valence-electron chi connectivity index (χ2n) is 3.41. The second kappa shape index (κ2) is 4.96. The molecule has 1 aromatic heterocycles. The minimum absolute atomic E-state index is 0.128. The van der Waals surface area contributed by atoms with Crippen LogP contribution in [0.2, 0.25) is 0 Å². The van der Waals surface area contributed by atoms with Crippen molar-refractivity contribution in [2.24, 2.45) is 0 Å². The average Bonchev–Trinajstić information content (AvgIpc) is 2.80. The zero-order valence-electron chi connectivity index (χ0n) is 9.14. The number of nitrogens with zero attached hydrogens (tertiary/aromatic N) is 1. The Morgan fingerprint density at radius 1 is 1.37 bits per heavy atom. The van der Waals surface area contributed by atoms with Crippen LogP contribution >= 0.6 is 11.8 Å². The third kappa shape index (κ3) is 3.08. The molecule has 19 heavy (non-hydrogen) atoms. The SMILES string of the molecule is O=C(O)c1cc(C(F)(F)F)ccc1Sc1ncco1. The van der Waals surface area contributed by atoms with Gasteiger partial charge in [-0.25, -0.2) is 9.78 Å². The molecule has 1 heterocycles. The van der Waals surface area contributed by atoms with Crippen molar-refractivity contribution >= 4 is 17.7 Å². The normalized spacial score (nSPS) is 11.5. The maximum atomic E-state index is 12.5. The fourth-order valence-corrected chi connectivity index (χ4v) is 2.11. The van der Waals surface area contributed by atoms with E-state index in [1.807, 2.05) is 0 Å². The molecule has 0 aliphatic rings. The van der Waals surface area contributed by atoms with Gasteiger partial charge in [0, 0.05) is 4.90 Å². The lowest BCUT2D eigenvalue weighted by Crippen LogP contribution is -2.08. The van der Waals surface area contributed by atoms with Crippen molar-refractivity contribution in [3.63, 3.8) is 0 Å². The topological polar surface area (TPSA) is 63.3 Å². The van der Waals surface area contributed by atoms with Crippen molar-refractivity contribution in [1.29, 1.82) is 0 Å². The lowest BCUT2D eigenvalue weighted by atomic mass is 10.1. The Balaban J connectivity index is 2.41. The number of carboxylic acid groups (broad SMARTS) is 1. The van der Waals surface area contributed by atoms with Gasteiger partial charge in [0.05, 0.1) is 17.3 Å². The quantitative estimate of drug-likeness (QED) is 0.936. The minimum Gasteiger partial charge on any atom is -0.478 e. The van der Waals surface area contributed by atoms with Gasteiger partial charge >= 0.3 is 12.1 Å². The molecule has 0 fully saturated rings. The van der Waals surface area contributed by atoms with Crippen LogP contribution in [0.1, 0.15) is 15.9 Å². The van der Waals surface area contributed by atoms with Gasteiger partial charge in [0.1, 0.15) is 6.26 Å². The lowest BCUT2D eigenvalue weighted by Gasteiger charge is -2.09. The van der Waals surface area contributed by atoms with Crippen LogP contribution in [-0.4, -0.2) is 16.1 Å². The van der Waals surface area contributed by atoms with Gasteiger partial charge in [-0.3, -0.25) is 0 Å². The molecule has 0 amide bonds. The minimum atomic E-state index is -4.59. The monoisotopic (exact) mass is 289 g/mol. The lowest BCUT2D eigenvalue weighted by molar-refractivity contribution is -0.137. The van der Waals surface area contributed by atoms with Crippen molar-refractivity contribution in [1.82, 2.24) is 4.98 Å². The van der Waals surface area contributed by atoms with Crippen LogP contribution in [0.4, 0.5) is 13.2 Å². The third-order valence-corrected chi connectivity index (χ3v) is 3.10. The molecule has 0 atom stereocenters. The first-order chi connectivity index (χ1) is 8.88. The number of hydrogen-bond acceptors (Lipinski definition) is 4. The molecule has 1 N–H and O–H groups in total. The number of rotatable bonds is 3. The predicted molar refractivity (Wildman–Crippen MR) is 59.0 cm³/mol. The van der Waals surface area contributed by atoms with Crippen LogP contribution in [0.15, 0.2) is 45.2 Å². The molecular formula is C11H6F3NO3S. The van der Waals surface area contributed by atoms with Crippen LogP contribution in [-0.2, 0) is 6.18 Å². The van der Waals surface area contributed by atoms with Crippen LogP contribution in [0.5, 0.6) is 0 Å². The fourth-order valence-electron chi connectivity index (χ4n) is 1.32. The summed E-state index contributed by atoms with van der Waals surface area (Å²) in [6, 6.07) is 2.49. The number of oxazole rings is 1. The number of carbonyl (C=O) groups is 1. The van der Waals surface area contributed by atoms with Gasteiger partial charge in [0.2, 0.25) is 0 Å². The van der Waals surface area contributed by atoms with Crippen LogP contribution in [0.3, 0.4) is 0 Å². The first-order valence-electron chi connectivity index (χ1n) is 4.90. The van der Waals surface area contributed by atoms with Crippen LogP contribution in [0.25, 0.3) is 0 Å². The maximum absolute atomic E-state index is 12.5. The van der Waals surface area contributed by atoms with Crippen molar-refractivity contribution in [2.45, 2.75) is 16.3 Å². The van der Waals surface area contributed by atoms with E-state index in [1.165, 1.54) is 12.5 Å². The van der Waals surface area contributed by atoms with Gasteiger partial charge in [0.15, 0.2) is 0 Å². The van der Waals surface area contributed by atoms with E-state index >= 15 is 0 Å². The van der Waals surface area contributed by atoms with E-state index < -0.39 is 23.3 Å². The summed E-state index contributed by atoms with van der Waals surface area (Å²) in [6.45, 7) is 0. The molecule has 8 heteroatoms. The zero-order valence-corrected chi connectivity index (χ0v) is 9.96. The molecule has 0 saturated carbocycles. The van der Waals surface area contributed by atoms with Crippen molar-refractivity contribution in [3.8, 4) is 0 Å². The molecule has 2 rings (SSSR count). The Hall–Kier alpha value is -1.96. The van der Waals surface area contributed by atoms with E-state index in [0.717, 1.165) is 23.9 Å². The van der Waals surface area contributed by atoms with Gasteiger partial charge in [0.25, 0.3) is 5.22 Å². The number of hydrogen-bond donors (Lipinski definition) is 1. The molecule has 0 bridgehead atoms. The van der Waals surface area contributed by atoms with Gasteiger partial charge in [-0.1, -0.05) is 0 Å². The average molecular weight is 289 g/mol. The van der Waals surface area contributed by atoms with Crippen LogP contribution in [0, 0.1) is 0 Å². The van der Waals surface area contributed by atoms with Gasteiger partial charge in [-0.05, 0) is 30.0 Å². The molecule has 0 aliphatic carbocycles. The van der Waals surface area contributed by atoms with Crippen molar-refractivity contribution < 1.29 is 27.5 Å². The first-order valence-corrected chi connectivity index (χ1v) is 5.71. The van der Waals surface area contributed by atoms with Gasteiger partial charge in [-0.2, -0.15) is 13.2 Å². The second-order valence-corrected chi connectivity index (χ2v) is 4.41. The molecule has 4 nitrogen and oxygen atoms in total. The summed E-state index contributed by atoms with van der Waals surface area (Å²) < 4.78 is 42.4. The predicted octanol–water partition coefficient (Wildman–Crippen LogP) is 3.54. The Labute approximate surface area is 109 Å². The highest BCUT2D eigenvalue weighted by Crippen LogP contribution is 2.35. The van der Waals surface area contributed by atoms with E-state index in [-0.39, 0.29) is 10.1 Å². The molecule has 0 radical (unpaired) electrons. The third-order valence-electron chi connectivity index (χ3n) is 2.14. The molecular weight excluding hydrogens is 283 g/mol. The summed E-state index contributed by atoms with van der Waals surface area (Å²) >= 11 is 0.843. The summed E-state index contributed by atoms with van der Waals surface area (Å²) in [7, 11) is 0.